The molecule has 0 aliphatic heterocycles. The third kappa shape index (κ3) is 3.48. The van der Waals surface area contributed by atoms with Crippen molar-refractivity contribution >= 4 is 17.5 Å². The van der Waals surface area contributed by atoms with Crippen LogP contribution in [-0.4, -0.2) is 40.8 Å². The zero-order chi connectivity index (χ0) is 16.3. The van der Waals surface area contributed by atoms with E-state index in [2.05, 4.69) is 5.16 Å². The summed E-state index contributed by atoms with van der Waals surface area (Å²) in [7, 11) is 1.69. The van der Waals surface area contributed by atoms with Gasteiger partial charge in [0.1, 0.15) is 17.0 Å². The maximum atomic E-state index is 12.6. The number of aliphatic hydroxyl groups excluding tert-OH is 1. The van der Waals surface area contributed by atoms with Gasteiger partial charge in [-0.25, -0.2) is 0 Å². The van der Waals surface area contributed by atoms with E-state index in [4.69, 9.17) is 16.1 Å². The Balaban J connectivity index is 2.34. The van der Waals surface area contributed by atoms with Gasteiger partial charge in [0.25, 0.3) is 5.91 Å². The summed E-state index contributed by atoms with van der Waals surface area (Å²) in [5, 5.41) is 13.9. The lowest BCUT2D eigenvalue weighted by Crippen LogP contribution is -2.30. The highest BCUT2D eigenvalue weighted by atomic mass is 35.5. The van der Waals surface area contributed by atoms with Gasteiger partial charge >= 0.3 is 0 Å². The van der Waals surface area contributed by atoms with Crippen molar-refractivity contribution < 1.29 is 14.4 Å². The number of aryl methyl sites for hydroxylation is 1. The minimum absolute atomic E-state index is 0.200. The average Bonchev–Trinajstić information content (AvgIpc) is 2.86. The quantitative estimate of drug-likeness (QED) is 0.918. The Kier molecular flexibility index (Phi) is 5.21. The average molecular weight is 323 g/mol. The molecular formula is C16H19ClN2O3. The van der Waals surface area contributed by atoms with Gasteiger partial charge in [-0.05, 0) is 26.3 Å². The molecule has 1 aromatic carbocycles. The lowest BCUT2D eigenvalue weighted by molar-refractivity contribution is 0.0768. The van der Waals surface area contributed by atoms with Crippen LogP contribution in [0.4, 0.5) is 0 Å². The van der Waals surface area contributed by atoms with Crippen LogP contribution in [0.1, 0.15) is 29.5 Å². The summed E-state index contributed by atoms with van der Waals surface area (Å²) in [6, 6.07) is 7.18. The minimum atomic E-state index is -0.457. The summed E-state index contributed by atoms with van der Waals surface area (Å²) in [5.41, 5.74) is 1.51. The van der Waals surface area contributed by atoms with Crippen molar-refractivity contribution in [1.29, 1.82) is 0 Å². The van der Waals surface area contributed by atoms with Gasteiger partial charge in [-0.1, -0.05) is 35.0 Å². The summed E-state index contributed by atoms with van der Waals surface area (Å²) >= 11 is 6.19. The fraction of sp³-hybridized carbons (Fsp3) is 0.375. The maximum absolute atomic E-state index is 12.6. The van der Waals surface area contributed by atoms with Crippen LogP contribution in [0, 0.1) is 6.92 Å². The molecule has 5 nitrogen and oxygen atoms in total. The van der Waals surface area contributed by atoms with Crippen LogP contribution in [0.25, 0.3) is 11.3 Å². The lowest BCUT2D eigenvalue weighted by Gasteiger charge is -2.18. The Bertz CT molecular complexity index is 667. The fourth-order valence-corrected chi connectivity index (χ4v) is 2.36. The van der Waals surface area contributed by atoms with Gasteiger partial charge in [0, 0.05) is 19.2 Å². The molecule has 0 saturated heterocycles. The number of aromatic nitrogens is 1. The number of benzene rings is 1. The third-order valence-electron chi connectivity index (χ3n) is 3.43. The van der Waals surface area contributed by atoms with Gasteiger partial charge in [0.15, 0.2) is 0 Å². The van der Waals surface area contributed by atoms with Crippen LogP contribution >= 0.6 is 11.6 Å². The molecule has 0 saturated carbocycles. The summed E-state index contributed by atoms with van der Waals surface area (Å²) in [6.07, 6.45) is 0.0513. The second kappa shape index (κ2) is 6.94. The van der Waals surface area contributed by atoms with E-state index in [-0.39, 0.29) is 5.91 Å². The van der Waals surface area contributed by atoms with Gasteiger partial charge in [0.05, 0.1) is 11.1 Å². The Morgan fingerprint density at radius 1 is 1.45 bits per heavy atom. The standard InChI is InChI=1S/C16H19ClN2O3/c1-10(20)8-9-19(3)16(21)14-11(2)22-18-15(14)12-6-4-5-7-13(12)17/h4-7,10,20H,8-9H2,1-3H3. The maximum Gasteiger partial charge on any atom is 0.259 e. The molecule has 0 aliphatic rings. The Morgan fingerprint density at radius 3 is 2.77 bits per heavy atom. The predicted octanol–water partition coefficient (Wildman–Crippen LogP) is 3.15. The van der Waals surface area contributed by atoms with E-state index in [9.17, 15) is 9.90 Å². The first-order valence-corrected chi connectivity index (χ1v) is 7.44. The highest BCUT2D eigenvalue weighted by Gasteiger charge is 2.25. The van der Waals surface area contributed by atoms with Crippen LogP contribution in [0.5, 0.6) is 0 Å². The molecule has 0 radical (unpaired) electrons. The summed E-state index contributed by atoms with van der Waals surface area (Å²) in [5.74, 6) is 0.248. The van der Waals surface area contributed by atoms with Crippen LogP contribution in [0.3, 0.4) is 0 Å². The molecule has 22 heavy (non-hydrogen) atoms. The summed E-state index contributed by atoms with van der Waals surface area (Å²) < 4.78 is 5.20. The molecule has 0 spiro atoms. The van der Waals surface area contributed by atoms with E-state index >= 15 is 0 Å². The number of hydrogen-bond acceptors (Lipinski definition) is 4. The number of rotatable bonds is 5. The fourth-order valence-electron chi connectivity index (χ4n) is 2.13. The normalized spacial score (nSPS) is 12.2. The molecule has 1 heterocycles. The SMILES string of the molecule is Cc1onc(-c2ccccc2Cl)c1C(=O)N(C)CCC(C)O. The van der Waals surface area contributed by atoms with Crippen LogP contribution in [-0.2, 0) is 0 Å². The van der Waals surface area contributed by atoms with E-state index in [1.54, 1.807) is 37.9 Å². The number of carbonyl (C=O) groups is 1. The zero-order valence-corrected chi connectivity index (χ0v) is 13.6. The minimum Gasteiger partial charge on any atom is -0.393 e. The van der Waals surface area contributed by atoms with Gasteiger partial charge in [0.2, 0.25) is 0 Å². The predicted molar refractivity (Wildman–Crippen MR) is 84.9 cm³/mol. The molecule has 0 fully saturated rings. The number of halogens is 1. The monoisotopic (exact) mass is 322 g/mol. The highest BCUT2D eigenvalue weighted by Crippen LogP contribution is 2.31. The molecule has 1 N–H and O–H groups in total. The van der Waals surface area contributed by atoms with Gasteiger partial charge in [-0.2, -0.15) is 0 Å². The molecule has 118 valence electrons. The Morgan fingerprint density at radius 2 is 2.14 bits per heavy atom. The lowest BCUT2D eigenvalue weighted by atomic mass is 10.1. The van der Waals surface area contributed by atoms with E-state index < -0.39 is 6.10 Å². The third-order valence-corrected chi connectivity index (χ3v) is 3.76. The Hall–Kier alpha value is -1.85. The van der Waals surface area contributed by atoms with Gasteiger partial charge < -0.3 is 14.5 Å². The Labute approximate surface area is 134 Å². The number of hydrogen-bond donors (Lipinski definition) is 1. The zero-order valence-electron chi connectivity index (χ0n) is 12.8. The number of aliphatic hydroxyl groups is 1. The molecule has 6 heteroatoms. The van der Waals surface area contributed by atoms with E-state index in [0.717, 1.165) is 0 Å². The summed E-state index contributed by atoms with van der Waals surface area (Å²) in [4.78, 5) is 14.2. The molecule has 0 aliphatic carbocycles. The first-order chi connectivity index (χ1) is 10.4. The number of amides is 1. The highest BCUT2D eigenvalue weighted by molar-refractivity contribution is 6.33. The van der Waals surface area contributed by atoms with Gasteiger partial charge in [-0.3, -0.25) is 4.79 Å². The van der Waals surface area contributed by atoms with Crippen LogP contribution in [0.2, 0.25) is 5.02 Å². The van der Waals surface area contributed by atoms with Crippen molar-refractivity contribution in [2.75, 3.05) is 13.6 Å². The van der Waals surface area contributed by atoms with Crippen molar-refractivity contribution in [1.82, 2.24) is 10.1 Å². The largest absolute Gasteiger partial charge is 0.393 e. The number of nitrogens with zero attached hydrogens (tertiary/aromatic N) is 2. The van der Waals surface area contributed by atoms with E-state index in [1.165, 1.54) is 0 Å². The molecule has 1 unspecified atom stereocenters. The molecule has 2 rings (SSSR count). The van der Waals surface area contributed by atoms with E-state index in [0.29, 0.717) is 40.6 Å². The van der Waals surface area contributed by atoms with Gasteiger partial charge in [-0.15, -0.1) is 0 Å². The first-order valence-electron chi connectivity index (χ1n) is 7.06. The topological polar surface area (TPSA) is 66.6 Å². The number of carbonyl (C=O) groups excluding carboxylic acids is 1. The smallest absolute Gasteiger partial charge is 0.259 e. The van der Waals surface area contributed by atoms with Crippen molar-refractivity contribution in [3.05, 3.63) is 40.6 Å². The molecular weight excluding hydrogens is 304 g/mol. The van der Waals surface area contributed by atoms with Crippen molar-refractivity contribution in [2.45, 2.75) is 26.4 Å². The molecule has 1 aromatic heterocycles. The van der Waals surface area contributed by atoms with E-state index in [1.807, 2.05) is 12.1 Å². The molecule has 1 amide bonds. The first kappa shape index (κ1) is 16.5. The second-order valence-electron chi connectivity index (χ2n) is 5.31. The molecule has 2 aromatic rings. The summed E-state index contributed by atoms with van der Waals surface area (Å²) in [6.45, 7) is 3.84. The van der Waals surface area contributed by atoms with Crippen LogP contribution in [0.15, 0.2) is 28.8 Å². The van der Waals surface area contributed by atoms with Crippen molar-refractivity contribution in [3.63, 3.8) is 0 Å². The van der Waals surface area contributed by atoms with Crippen molar-refractivity contribution in [2.24, 2.45) is 0 Å². The van der Waals surface area contributed by atoms with Crippen LogP contribution < -0.4 is 0 Å². The second-order valence-corrected chi connectivity index (χ2v) is 5.71. The van der Waals surface area contributed by atoms with Crippen molar-refractivity contribution in [3.8, 4) is 11.3 Å². The molecule has 0 bridgehead atoms. The molecule has 1 atom stereocenters.